The van der Waals surface area contributed by atoms with Crippen molar-refractivity contribution in [2.45, 2.75) is 31.6 Å². The number of H-pyrrole nitrogens is 1. The van der Waals surface area contributed by atoms with Gasteiger partial charge in [0.15, 0.2) is 11.4 Å². The van der Waals surface area contributed by atoms with Gasteiger partial charge in [0.1, 0.15) is 23.3 Å². The minimum atomic E-state index is -0.617. The zero-order valence-electron chi connectivity index (χ0n) is 16.5. The Morgan fingerprint density at radius 3 is 2.67 bits per heavy atom. The molecule has 0 amide bonds. The van der Waals surface area contributed by atoms with Gasteiger partial charge in [0, 0.05) is 23.6 Å². The van der Waals surface area contributed by atoms with E-state index >= 15 is 0 Å². The van der Waals surface area contributed by atoms with Crippen molar-refractivity contribution in [1.29, 1.82) is 0 Å². The topological polar surface area (TPSA) is 76.6 Å². The van der Waals surface area contributed by atoms with E-state index in [1.807, 2.05) is 19.1 Å². The van der Waals surface area contributed by atoms with Crippen LogP contribution in [0.15, 0.2) is 42.7 Å². The lowest BCUT2D eigenvalue weighted by molar-refractivity contribution is 0.269. The van der Waals surface area contributed by atoms with Gasteiger partial charge in [-0.2, -0.15) is 0 Å². The number of nitrogens with zero attached hydrogens (tertiary/aromatic N) is 4. The van der Waals surface area contributed by atoms with Crippen LogP contribution in [-0.2, 0) is 5.41 Å². The van der Waals surface area contributed by atoms with Gasteiger partial charge in [0.05, 0.1) is 24.0 Å². The summed E-state index contributed by atoms with van der Waals surface area (Å²) in [5.41, 5.74) is 2.08. The number of hydrogen-bond donors (Lipinski definition) is 1. The summed E-state index contributed by atoms with van der Waals surface area (Å²) < 4.78 is 34.1. The second-order valence-corrected chi connectivity index (χ2v) is 7.72. The third-order valence-electron chi connectivity index (χ3n) is 5.66. The van der Waals surface area contributed by atoms with Crippen LogP contribution in [0.3, 0.4) is 0 Å². The van der Waals surface area contributed by atoms with Crippen LogP contribution in [0.5, 0.6) is 5.75 Å². The van der Waals surface area contributed by atoms with Crippen LogP contribution >= 0.6 is 0 Å². The Bertz CT molecular complexity index is 1200. The van der Waals surface area contributed by atoms with E-state index in [1.165, 1.54) is 12.1 Å². The van der Waals surface area contributed by atoms with Gasteiger partial charge in [-0.25, -0.2) is 28.7 Å². The van der Waals surface area contributed by atoms with Crippen LogP contribution in [-0.4, -0.2) is 31.5 Å². The summed E-state index contributed by atoms with van der Waals surface area (Å²) in [7, 11) is 0. The van der Waals surface area contributed by atoms with Gasteiger partial charge in [-0.1, -0.05) is 0 Å². The predicted octanol–water partition coefficient (Wildman–Crippen LogP) is 4.15. The van der Waals surface area contributed by atoms with E-state index in [-0.39, 0.29) is 12.5 Å². The Hall–Kier alpha value is -3.42. The van der Waals surface area contributed by atoms with Crippen LogP contribution < -0.4 is 4.74 Å². The molecule has 1 aliphatic carbocycles. The Morgan fingerprint density at radius 1 is 1.13 bits per heavy atom. The van der Waals surface area contributed by atoms with Crippen LogP contribution in [0.1, 0.15) is 35.2 Å². The number of aromatic amines is 1. The van der Waals surface area contributed by atoms with Gasteiger partial charge in [-0.3, -0.25) is 0 Å². The SMILES string of the molecule is Cc1ncc(OC[C@@]2(c3cc(F)cc(F)c3)C[C@H]2c2nc3ncccc3[nH]2)c(C)n1. The molecule has 0 unspecified atom stereocenters. The zero-order chi connectivity index (χ0) is 20.9. The average molecular weight is 407 g/mol. The lowest BCUT2D eigenvalue weighted by atomic mass is 9.93. The molecule has 6 nitrogen and oxygen atoms in total. The number of hydrogen-bond acceptors (Lipinski definition) is 5. The normalized spacial score (nSPS) is 20.5. The van der Waals surface area contributed by atoms with Crippen molar-refractivity contribution in [3.8, 4) is 5.75 Å². The van der Waals surface area contributed by atoms with Crippen molar-refractivity contribution in [3.05, 3.63) is 77.3 Å². The molecule has 2 atom stereocenters. The van der Waals surface area contributed by atoms with Crippen molar-refractivity contribution in [3.63, 3.8) is 0 Å². The fraction of sp³-hybridized carbons (Fsp3) is 0.273. The highest BCUT2D eigenvalue weighted by atomic mass is 19.1. The minimum Gasteiger partial charge on any atom is -0.489 e. The number of aryl methyl sites for hydroxylation is 2. The maximum absolute atomic E-state index is 14.0. The quantitative estimate of drug-likeness (QED) is 0.538. The molecule has 1 N–H and O–H groups in total. The number of rotatable bonds is 5. The summed E-state index contributed by atoms with van der Waals surface area (Å²) in [6.07, 6.45) is 3.94. The summed E-state index contributed by atoms with van der Waals surface area (Å²) in [5.74, 6) is 0.621. The van der Waals surface area contributed by atoms with Crippen LogP contribution in [0.4, 0.5) is 8.78 Å². The molecule has 30 heavy (non-hydrogen) atoms. The van der Waals surface area contributed by atoms with Crippen LogP contribution in [0, 0.1) is 25.5 Å². The lowest BCUT2D eigenvalue weighted by Gasteiger charge is -2.19. The first-order valence-corrected chi connectivity index (χ1v) is 9.65. The van der Waals surface area contributed by atoms with Gasteiger partial charge in [0.2, 0.25) is 0 Å². The number of halogens is 2. The first kappa shape index (κ1) is 18.6. The molecule has 0 saturated heterocycles. The molecule has 0 bridgehead atoms. The Labute approximate surface area is 171 Å². The molecule has 1 aliphatic rings. The van der Waals surface area contributed by atoms with E-state index in [4.69, 9.17) is 4.74 Å². The maximum Gasteiger partial charge on any atom is 0.177 e. The number of aromatic nitrogens is 5. The smallest absolute Gasteiger partial charge is 0.177 e. The van der Waals surface area contributed by atoms with Gasteiger partial charge < -0.3 is 9.72 Å². The van der Waals surface area contributed by atoms with Crippen molar-refractivity contribution in [2.75, 3.05) is 6.61 Å². The summed E-state index contributed by atoms with van der Waals surface area (Å²) in [6, 6.07) is 7.33. The number of imidazole rings is 1. The van der Waals surface area contributed by atoms with Gasteiger partial charge in [-0.05, 0) is 50.1 Å². The number of fused-ring (bicyclic) bond motifs is 1. The Morgan fingerprint density at radius 2 is 1.93 bits per heavy atom. The van der Waals surface area contributed by atoms with E-state index < -0.39 is 17.0 Å². The molecular formula is C22H19F2N5O. The molecule has 1 saturated carbocycles. The van der Waals surface area contributed by atoms with Crippen molar-refractivity contribution < 1.29 is 13.5 Å². The van der Waals surface area contributed by atoms with Crippen LogP contribution in [0.25, 0.3) is 11.2 Å². The first-order chi connectivity index (χ1) is 14.4. The summed E-state index contributed by atoms with van der Waals surface area (Å²) >= 11 is 0. The molecule has 5 rings (SSSR count). The molecule has 0 radical (unpaired) electrons. The number of ether oxygens (including phenoxy) is 1. The Kier molecular flexibility index (Phi) is 4.23. The molecule has 1 fully saturated rings. The molecular weight excluding hydrogens is 388 g/mol. The van der Waals surface area contributed by atoms with Gasteiger partial charge in [0.25, 0.3) is 0 Å². The Balaban J connectivity index is 1.51. The molecule has 8 heteroatoms. The zero-order valence-corrected chi connectivity index (χ0v) is 16.5. The molecule has 3 heterocycles. The summed E-state index contributed by atoms with van der Waals surface area (Å²) in [4.78, 5) is 20.6. The summed E-state index contributed by atoms with van der Waals surface area (Å²) in [6.45, 7) is 3.87. The third-order valence-corrected chi connectivity index (χ3v) is 5.66. The first-order valence-electron chi connectivity index (χ1n) is 9.65. The maximum atomic E-state index is 14.0. The minimum absolute atomic E-state index is 0.0837. The van der Waals surface area contributed by atoms with Gasteiger partial charge in [-0.15, -0.1) is 0 Å². The average Bonchev–Trinajstić information content (AvgIpc) is 3.28. The fourth-order valence-electron chi connectivity index (χ4n) is 4.02. The number of benzene rings is 1. The van der Waals surface area contributed by atoms with E-state index in [2.05, 4.69) is 24.9 Å². The number of nitrogens with one attached hydrogen (secondary N) is 1. The highest BCUT2D eigenvalue weighted by Crippen LogP contribution is 2.60. The standard InChI is InChI=1S/C22H19F2N5O/c1-12-19(10-26-13(2)27-12)30-11-22(14-6-15(23)8-16(24)7-14)9-17(22)20-28-18-4-3-5-25-21(18)29-20/h3-8,10,17H,9,11H2,1-2H3,(H,25,28,29)/t17-,22+/m0/s1. The van der Waals surface area contributed by atoms with E-state index in [0.717, 1.165) is 17.4 Å². The second-order valence-electron chi connectivity index (χ2n) is 7.72. The fourth-order valence-corrected chi connectivity index (χ4v) is 4.02. The molecule has 3 aromatic heterocycles. The van der Waals surface area contributed by atoms with Crippen molar-refractivity contribution in [2.24, 2.45) is 0 Å². The molecule has 1 aromatic carbocycles. The van der Waals surface area contributed by atoms with Gasteiger partial charge >= 0.3 is 0 Å². The molecule has 0 aliphatic heterocycles. The monoisotopic (exact) mass is 407 g/mol. The largest absolute Gasteiger partial charge is 0.489 e. The third kappa shape index (κ3) is 3.18. The lowest BCUT2D eigenvalue weighted by Crippen LogP contribution is -2.21. The van der Waals surface area contributed by atoms with E-state index in [0.29, 0.717) is 34.9 Å². The second kappa shape index (κ2) is 6.83. The predicted molar refractivity (Wildman–Crippen MR) is 106 cm³/mol. The highest BCUT2D eigenvalue weighted by molar-refractivity contribution is 5.70. The van der Waals surface area contributed by atoms with E-state index in [1.54, 1.807) is 19.3 Å². The molecule has 4 aromatic rings. The van der Waals surface area contributed by atoms with Crippen molar-refractivity contribution >= 4 is 11.2 Å². The highest BCUT2D eigenvalue weighted by Gasteiger charge is 2.58. The van der Waals surface area contributed by atoms with Crippen molar-refractivity contribution in [1.82, 2.24) is 24.9 Å². The number of pyridine rings is 1. The van der Waals surface area contributed by atoms with Crippen LogP contribution in [0.2, 0.25) is 0 Å². The summed E-state index contributed by atoms with van der Waals surface area (Å²) in [5, 5.41) is 0. The van der Waals surface area contributed by atoms with E-state index in [9.17, 15) is 8.78 Å². The molecule has 152 valence electrons. The molecule has 0 spiro atoms.